The summed E-state index contributed by atoms with van der Waals surface area (Å²) in [5.41, 5.74) is 6.00. The van der Waals surface area contributed by atoms with E-state index in [0.29, 0.717) is 24.7 Å². The van der Waals surface area contributed by atoms with Crippen molar-refractivity contribution in [1.29, 1.82) is 5.41 Å². The second-order valence-corrected chi connectivity index (χ2v) is 9.63. The molecule has 1 aliphatic rings. The minimum absolute atomic E-state index is 0.0775. The molecule has 1 N–H and O–H groups in total. The topological polar surface area (TPSA) is 47.4 Å². The Balaban J connectivity index is 1.52. The molecule has 160 valence electrons. The van der Waals surface area contributed by atoms with Crippen LogP contribution in [0.5, 0.6) is 0 Å². The molecule has 0 fully saturated rings. The van der Waals surface area contributed by atoms with Crippen LogP contribution in [-0.2, 0) is 6.42 Å². The van der Waals surface area contributed by atoms with Gasteiger partial charge >= 0.3 is 0 Å². The number of carbonyl (C=O) groups is 1. The number of benzene rings is 2. The monoisotopic (exact) mass is 431 g/mol. The Morgan fingerprint density at radius 1 is 1.13 bits per heavy atom. The van der Waals surface area contributed by atoms with Gasteiger partial charge in [-0.3, -0.25) is 4.79 Å². The molecule has 3 aromatic rings. The van der Waals surface area contributed by atoms with Gasteiger partial charge in [0.05, 0.1) is 4.88 Å². The largest absolute Gasteiger partial charge is 0.307 e. The minimum atomic E-state index is 0.0775. The second kappa shape index (κ2) is 8.77. The maximum atomic E-state index is 13.2. The summed E-state index contributed by atoms with van der Waals surface area (Å²) < 4.78 is 0. The van der Waals surface area contributed by atoms with Crippen LogP contribution in [0.2, 0.25) is 0 Å². The molecule has 0 aliphatic carbocycles. The molecule has 4 nitrogen and oxygen atoms in total. The van der Waals surface area contributed by atoms with E-state index in [1.165, 1.54) is 11.1 Å². The summed E-state index contributed by atoms with van der Waals surface area (Å²) in [6, 6.07) is 18.8. The van der Waals surface area contributed by atoms with Crippen LogP contribution in [0.25, 0.3) is 10.4 Å². The molecule has 0 saturated carbocycles. The van der Waals surface area contributed by atoms with E-state index in [9.17, 15) is 4.79 Å². The molecular formula is C26H29N3OS. The smallest absolute Gasteiger partial charge is 0.268 e. The molecule has 1 atom stereocenters. The molecule has 5 heteroatoms. The summed E-state index contributed by atoms with van der Waals surface area (Å²) in [4.78, 5) is 19.2. The first kappa shape index (κ1) is 21.5. The second-order valence-electron chi connectivity index (χ2n) is 8.58. The summed E-state index contributed by atoms with van der Waals surface area (Å²) in [7, 11) is 4.07. The molecule has 1 amide bonds. The number of nitrogens with one attached hydrogen (secondary N) is 1. The summed E-state index contributed by atoms with van der Waals surface area (Å²) in [5.74, 6) is 0.0775. The number of thiophene rings is 1. The van der Waals surface area contributed by atoms with Crippen LogP contribution in [0.15, 0.2) is 54.6 Å². The first-order valence-corrected chi connectivity index (χ1v) is 11.5. The van der Waals surface area contributed by atoms with Crippen LogP contribution >= 0.6 is 11.3 Å². The Bertz CT molecular complexity index is 1100. The highest BCUT2D eigenvalue weighted by Crippen LogP contribution is 2.36. The third-order valence-electron chi connectivity index (χ3n) is 6.10. The predicted octanol–water partition coefficient (Wildman–Crippen LogP) is 5.63. The molecule has 0 unspecified atom stereocenters. The zero-order chi connectivity index (χ0) is 22.1. The van der Waals surface area contributed by atoms with Gasteiger partial charge in [0.1, 0.15) is 0 Å². The number of anilines is 1. The molecule has 2 heterocycles. The van der Waals surface area contributed by atoms with Crippen molar-refractivity contribution >= 4 is 28.6 Å². The van der Waals surface area contributed by atoms with Gasteiger partial charge in [-0.2, -0.15) is 0 Å². The summed E-state index contributed by atoms with van der Waals surface area (Å²) in [6.07, 6.45) is 1.57. The van der Waals surface area contributed by atoms with E-state index in [2.05, 4.69) is 49.1 Å². The van der Waals surface area contributed by atoms with Gasteiger partial charge in [-0.15, -0.1) is 11.3 Å². The Morgan fingerprint density at radius 2 is 1.81 bits per heavy atom. The molecule has 0 saturated heterocycles. The van der Waals surface area contributed by atoms with E-state index in [0.717, 1.165) is 33.0 Å². The highest BCUT2D eigenvalue weighted by molar-refractivity contribution is 7.17. The maximum absolute atomic E-state index is 13.2. The van der Waals surface area contributed by atoms with Gasteiger partial charge in [0.25, 0.3) is 5.91 Å². The standard InChI is InChI=1S/C26H29N3OS/c1-17-5-7-20(8-6-17)24-16-21-13-14-29(26(30)25(21)31-24)22-11-9-19(10-12-22)23(27)15-18(2)28(3)4/h5-12,16,18,27H,13-15H2,1-4H3/t18-/m1/s1. The van der Waals surface area contributed by atoms with Gasteiger partial charge in [0.2, 0.25) is 0 Å². The van der Waals surface area contributed by atoms with Crippen molar-refractivity contribution < 1.29 is 4.79 Å². The highest BCUT2D eigenvalue weighted by atomic mass is 32.1. The minimum Gasteiger partial charge on any atom is -0.307 e. The zero-order valence-corrected chi connectivity index (χ0v) is 19.4. The number of hydrogen-bond donors (Lipinski definition) is 1. The summed E-state index contributed by atoms with van der Waals surface area (Å²) in [5, 5.41) is 8.40. The van der Waals surface area contributed by atoms with Crippen LogP contribution in [0.1, 0.15) is 39.7 Å². The molecule has 2 aromatic carbocycles. The molecule has 0 radical (unpaired) electrons. The molecule has 0 bridgehead atoms. The first-order valence-electron chi connectivity index (χ1n) is 10.7. The first-order chi connectivity index (χ1) is 14.8. The quantitative estimate of drug-likeness (QED) is 0.514. The molecule has 1 aromatic heterocycles. The number of rotatable bonds is 6. The fraction of sp³-hybridized carbons (Fsp3) is 0.308. The average molecular weight is 432 g/mol. The van der Waals surface area contributed by atoms with E-state index in [1.807, 2.05) is 43.3 Å². The Morgan fingerprint density at radius 3 is 2.45 bits per heavy atom. The molecule has 0 spiro atoms. The van der Waals surface area contributed by atoms with Crippen molar-refractivity contribution in [3.63, 3.8) is 0 Å². The van der Waals surface area contributed by atoms with Gasteiger partial charge in [0.15, 0.2) is 0 Å². The number of fused-ring (bicyclic) bond motifs is 1. The van der Waals surface area contributed by atoms with Gasteiger partial charge in [0, 0.05) is 35.3 Å². The number of nitrogens with zero attached hydrogens (tertiary/aromatic N) is 2. The Kier molecular flexibility index (Phi) is 6.08. The van der Waals surface area contributed by atoms with Crippen LogP contribution in [-0.4, -0.2) is 43.2 Å². The van der Waals surface area contributed by atoms with E-state index >= 15 is 0 Å². The SMILES string of the molecule is Cc1ccc(-c2cc3c(s2)C(=O)N(c2ccc(C(=N)C[C@@H](C)N(C)C)cc2)CC3)cc1. The Hall–Kier alpha value is -2.76. The highest BCUT2D eigenvalue weighted by Gasteiger charge is 2.28. The Labute approximate surface area is 188 Å². The lowest BCUT2D eigenvalue weighted by Crippen LogP contribution is -2.36. The van der Waals surface area contributed by atoms with Gasteiger partial charge in [-0.25, -0.2) is 0 Å². The summed E-state index contributed by atoms with van der Waals surface area (Å²) >= 11 is 1.59. The number of carbonyl (C=O) groups excluding carboxylic acids is 1. The van der Waals surface area contributed by atoms with E-state index in [4.69, 9.17) is 5.41 Å². The van der Waals surface area contributed by atoms with Crippen molar-refractivity contribution in [3.8, 4) is 10.4 Å². The molecule has 1 aliphatic heterocycles. The fourth-order valence-corrected chi connectivity index (χ4v) is 4.96. The lowest BCUT2D eigenvalue weighted by molar-refractivity contribution is 0.0985. The van der Waals surface area contributed by atoms with E-state index in [-0.39, 0.29) is 5.91 Å². The lowest BCUT2D eigenvalue weighted by Gasteiger charge is -2.27. The fourth-order valence-electron chi connectivity index (χ4n) is 3.80. The van der Waals surface area contributed by atoms with Crippen molar-refractivity contribution in [3.05, 3.63) is 76.2 Å². The van der Waals surface area contributed by atoms with E-state index in [1.54, 1.807) is 11.3 Å². The zero-order valence-electron chi connectivity index (χ0n) is 18.6. The number of amides is 1. The molecular weight excluding hydrogens is 402 g/mol. The van der Waals surface area contributed by atoms with Crippen molar-refractivity contribution in [1.82, 2.24) is 4.90 Å². The van der Waals surface area contributed by atoms with Crippen LogP contribution in [0, 0.1) is 12.3 Å². The van der Waals surface area contributed by atoms with Gasteiger partial charge in [-0.1, -0.05) is 42.0 Å². The van der Waals surface area contributed by atoms with Crippen molar-refractivity contribution in [2.75, 3.05) is 25.5 Å². The normalized spacial score (nSPS) is 14.6. The predicted molar refractivity (Wildman–Crippen MR) is 131 cm³/mol. The van der Waals surface area contributed by atoms with Crippen LogP contribution in [0.3, 0.4) is 0 Å². The maximum Gasteiger partial charge on any atom is 0.268 e. The third kappa shape index (κ3) is 4.48. The third-order valence-corrected chi connectivity index (χ3v) is 7.31. The average Bonchev–Trinajstić information content (AvgIpc) is 3.20. The van der Waals surface area contributed by atoms with Crippen molar-refractivity contribution in [2.24, 2.45) is 0 Å². The molecule has 4 rings (SSSR count). The van der Waals surface area contributed by atoms with Gasteiger partial charge in [-0.05, 0) is 69.3 Å². The van der Waals surface area contributed by atoms with Crippen LogP contribution in [0.4, 0.5) is 5.69 Å². The van der Waals surface area contributed by atoms with E-state index < -0.39 is 0 Å². The van der Waals surface area contributed by atoms with Crippen molar-refractivity contribution in [2.45, 2.75) is 32.7 Å². The molecule has 31 heavy (non-hydrogen) atoms. The summed E-state index contributed by atoms with van der Waals surface area (Å²) in [6.45, 7) is 4.89. The number of aryl methyl sites for hydroxylation is 1. The number of hydrogen-bond acceptors (Lipinski definition) is 4. The van der Waals surface area contributed by atoms with Gasteiger partial charge < -0.3 is 15.2 Å². The van der Waals surface area contributed by atoms with Crippen LogP contribution < -0.4 is 4.90 Å². The lowest BCUT2D eigenvalue weighted by atomic mass is 10.0.